The van der Waals surface area contributed by atoms with Gasteiger partial charge in [0.1, 0.15) is 5.75 Å². The number of carbonyl (C=O) groups is 1. The number of nitrogen functional groups attached to an aromatic ring is 1. The second-order valence-corrected chi connectivity index (χ2v) is 9.02. The third-order valence-electron chi connectivity index (χ3n) is 6.40. The Hall–Kier alpha value is -3.47. The topological polar surface area (TPSA) is 114 Å². The van der Waals surface area contributed by atoms with Gasteiger partial charge in [-0.25, -0.2) is 0 Å². The maximum Gasteiger partial charge on any atom is 0.425 e. The summed E-state index contributed by atoms with van der Waals surface area (Å²) in [6.45, 7) is 8.33. The number of ether oxygens (including phenoxy) is 1. The van der Waals surface area contributed by atoms with E-state index in [1.54, 1.807) is 18.2 Å². The van der Waals surface area contributed by atoms with Crippen molar-refractivity contribution >= 4 is 28.3 Å². The fourth-order valence-corrected chi connectivity index (χ4v) is 4.32. The van der Waals surface area contributed by atoms with Gasteiger partial charge < -0.3 is 21.1 Å². The zero-order valence-electron chi connectivity index (χ0n) is 19.8. The molecule has 1 aliphatic heterocycles. The molecule has 4 rings (SSSR count). The Labute approximate surface area is 201 Å². The first kappa shape index (κ1) is 24.6. The summed E-state index contributed by atoms with van der Waals surface area (Å²) in [4.78, 5) is 16.6. The normalized spacial score (nSPS) is 16.1. The molecular weight excluding hydrogens is 461 g/mol. The number of fused-ring (bicyclic) bond motifs is 1. The van der Waals surface area contributed by atoms with Crippen LogP contribution in [0.3, 0.4) is 0 Å². The molecule has 8 nitrogen and oxygen atoms in total. The van der Waals surface area contributed by atoms with Gasteiger partial charge in [-0.05, 0) is 56.2 Å². The highest BCUT2D eigenvalue weighted by Crippen LogP contribution is 2.38. The van der Waals surface area contributed by atoms with E-state index < -0.39 is 18.2 Å². The molecule has 1 aromatic heterocycles. The Morgan fingerprint density at radius 3 is 2.37 bits per heavy atom. The number of carbonyl (C=O) groups excluding carboxylic acids is 1. The first-order valence-corrected chi connectivity index (χ1v) is 11.4. The van der Waals surface area contributed by atoms with Crippen molar-refractivity contribution in [3.63, 3.8) is 0 Å². The second-order valence-electron chi connectivity index (χ2n) is 9.02. The molecule has 1 atom stereocenters. The molecule has 5 N–H and O–H groups in total. The Bertz CT molecular complexity index is 1230. The number of H-pyrrole nitrogens is 1. The van der Waals surface area contributed by atoms with E-state index in [0.29, 0.717) is 33.9 Å². The predicted octanol–water partition coefficient (Wildman–Crippen LogP) is 3.77. The summed E-state index contributed by atoms with van der Waals surface area (Å²) in [5, 5.41) is 6.96. The fourth-order valence-electron chi connectivity index (χ4n) is 4.32. The monoisotopic (exact) mass is 490 g/mol. The number of nitrogens with zero attached hydrogens (tertiary/aromatic N) is 3. The van der Waals surface area contributed by atoms with Gasteiger partial charge in [-0.1, -0.05) is 6.07 Å². The zero-order valence-corrected chi connectivity index (χ0v) is 19.8. The fraction of sp³-hybridized carbons (Fsp3) is 0.417. The van der Waals surface area contributed by atoms with Crippen LogP contribution in [0.5, 0.6) is 5.75 Å². The highest BCUT2D eigenvalue weighted by atomic mass is 19.4. The molecule has 3 aromatic rings. The van der Waals surface area contributed by atoms with Gasteiger partial charge in [-0.15, -0.1) is 0 Å². The molecule has 1 unspecified atom stereocenters. The van der Waals surface area contributed by atoms with Gasteiger partial charge >= 0.3 is 6.18 Å². The Kier molecular flexibility index (Phi) is 6.54. The maximum atomic E-state index is 13.2. The largest absolute Gasteiger partial charge is 0.480 e. The van der Waals surface area contributed by atoms with Gasteiger partial charge in [0.15, 0.2) is 11.9 Å². The van der Waals surface area contributed by atoms with Crippen LogP contribution >= 0.6 is 0 Å². The lowest BCUT2D eigenvalue weighted by molar-refractivity contribution is -0.188. The van der Waals surface area contributed by atoms with Crippen molar-refractivity contribution in [2.45, 2.75) is 39.1 Å². The number of aromatic nitrogens is 2. The van der Waals surface area contributed by atoms with Gasteiger partial charge in [-0.3, -0.25) is 14.8 Å². The predicted molar refractivity (Wildman–Crippen MR) is 130 cm³/mol. The summed E-state index contributed by atoms with van der Waals surface area (Å²) >= 11 is 0. The standard InChI is InChI=1S/C24H29F3N6O2/c1-13(2)32-6-8-33(9-7-32)19-11-15(4-5-17(19)23(29)34)16-10-18-21(22(28)31-30-18)20(12-16)35-14(3)24(25,26)27/h4-5,10-14H,6-9H2,1-3H3,(H2,29,34)(H3,28,30,31). The average Bonchev–Trinajstić information content (AvgIpc) is 3.19. The third-order valence-corrected chi connectivity index (χ3v) is 6.40. The van der Waals surface area contributed by atoms with Crippen molar-refractivity contribution in [1.82, 2.24) is 15.1 Å². The van der Waals surface area contributed by atoms with Crippen LogP contribution in [0.15, 0.2) is 30.3 Å². The number of nitrogens with two attached hydrogens (primary N) is 2. The lowest BCUT2D eigenvalue weighted by Crippen LogP contribution is -2.49. The molecule has 0 saturated carbocycles. The minimum atomic E-state index is -4.55. The lowest BCUT2D eigenvalue weighted by Gasteiger charge is -2.38. The minimum Gasteiger partial charge on any atom is -0.480 e. The number of primary amides is 1. The van der Waals surface area contributed by atoms with Crippen LogP contribution < -0.4 is 21.1 Å². The SMILES string of the molecule is CC(C)N1CCN(c2cc(-c3cc(OC(C)C(F)(F)F)c4c(N)n[nH]c4c3)ccc2C(N)=O)CC1. The van der Waals surface area contributed by atoms with Crippen LogP contribution in [0.25, 0.3) is 22.0 Å². The summed E-state index contributed by atoms with van der Waals surface area (Å²) in [7, 11) is 0. The number of rotatable bonds is 6. The highest BCUT2D eigenvalue weighted by Gasteiger charge is 2.38. The second kappa shape index (κ2) is 9.29. The number of alkyl halides is 3. The van der Waals surface area contributed by atoms with E-state index in [1.165, 1.54) is 6.07 Å². The number of piperazine rings is 1. The number of hydrogen-bond donors (Lipinski definition) is 3. The van der Waals surface area contributed by atoms with Crippen LogP contribution in [0.2, 0.25) is 0 Å². The number of benzene rings is 2. The summed E-state index contributed by atoms with van der Waals surface area (Å²) in [6, 6.07) is 8.87. The van der Waals surface area contributed by atoms with Crippen LogP contribution in [0, 0.1) is 0 Å². The summed E-state index contributed by atoms with van der Waals surface area (Å²) in [6.07, 6.45) is -6.59. The molecule has 2 aromatic carbocycles. The van der Waals surface area contributed by atoms with Gasteiger partial charge in [0.25, 0.3) is 5.91 Å². The molecule has 0 radical (unpaired) electrons. The number of aromatic amines is 1. The Balaban J connectivity index is 1.76. The van der Waals surface area contributed by atoms with Crippen molar-refractivity contribution in [2.75, 3.05) is 36.8 Å². The number of anilines is 2. The van der Waals surface area contributed by atoms with Crippen molar-refractivity contribution in [3.05, 3.63) is 35.9 Å². The van der Waals surface area contributed by atoms with Gasteiger partial charge in [0.2, 0.25) is 0 Å². The molecule has 1 saturated heterocycles. The van der Waals surface area contributed by atoms with E-state index >= 15 is 0 Å². The maximum absolute atomic E-state index is 13.2. The molecule has 1 amide bonds. The van der Waals surface area contributed by atoms with Crippen molar-refractivity contribution in [3.8, 4) is 16.9 Å². The first-order valence-electron chi connectivity index (χ1n) is 11.4. The molecule has 11 heteroatoms. The average molecular weight is 491 g/mol. The Morgan fingerprint density at radius 2 is 1.77 bits per heavy atom. The van der Waals surface area contributed by atoms with Gasteiger partial charge in [-0.2, -0.15) is 18.3 Å². The van der Waals surface area contributed by atoms with Crippen molar-refractivity contribution < 1.29 is 22.7 Å². The van der Waals surface area contributed by atoms with E-state index in [2.05, 4.69) is 33.8 Å². The molecule has 0 aliphatic carbocycles. The van der Waals surface area contributed by atoms with E-state index in [1.807, 2.05) is 6.07 Å². The molecule has 188 valence electrons. The number of amides is 1. The lowest BCUT2D eigenvalue weighted by atomic mass is 9.99. The van der Waals surface area contributed by atoms with E-state index in [9.17, 15) is 18.0 Å². The van der Waals surface area contributed by atoms with Gasteiger partial charge in [0, 0.05) is 32.2 Å². The van der Waals surface area contributed by atoms with E-state index in [0.717, 1.165) is 33.1 Å². The smallest absolute Gasteiger partial charge is 0.425 e. The Morgan fingerprint density at radius 1 is 1.09 bits per heavy atom. The summed E-state index contributed by atoms with van der Waals surface area (Å²) in [5.74, 6) is -0.527. The van der Waals surface area contributed by atoms with Crippen LogP contribution in [-0.4, -0.2) is 65.5 Å². The zero-order chi connectivity index (χ0) is 25.5. The molecule has 1 fully saturated rings. The molecule has 0 spiro atoms. The van der Waals surface area contributed by atoms with Crippen LogP contribution in [0.4, 0.5) is 24.7 Å². The van der Waals surface area contributed by atoms with E-state index in [-0.39, 0.29) is 17.0 Å². The minimum absolute atomic E-state index is 0.0281. The number of halogens is 3. The molecule has 2 heterocycles. The first-order chi connectivity index (χ1) is 16.5. The molecule has 35 heavy (non-hydrogen) atoms. The van der Waals surface area contributed by atoms with Crippen LogP contribution in [0.1, 0.15) is 31.1 Å². The third kappa shape index (κ3) is 5.00. The quantitative estimate of drug-likeness (QED) is 0.485. The molecule has 0 bridgehead atoms. The van der Waals surface area contributed by atoms with Gasteiger partial charge in [0.05, 0.1) is 22.2 Å². The highest BCUT2D eigenvalue weighted by molar-refractivity contribution is 6.01. The van der Waals surface area contributed by atoms with Crippen molar-refractivity contribution in [1.29, 1.82) is 0 Å². The molecular formula is C24H29F3N6O2. The van der Waals surface area contributed by atoms with E-state index in [4.69, 9.17) is 16.2 Å². The number of nitrogens with one attached hydrogen (secondary N) is 1. The molecule has 1 aliphatic rings. The van der Waals surface area contributed by atoms with Crippen LogP contribution in [-0.2, 0) is 0 Å². The number of hydrogen-bond acceptors (Lipinski definition) is 6. The summed E-state index contributed by atoms with van der Waals surface area (Å²) < 4.78 is 44.9. The van der Waals surface area contributed by atoms with Crippen molar-refractivity contribution in [2.24, 2.45) is 5.73 Å². The summed E-state index contributed by atoms with van der Waals surface area (Å²) in [5.41, 5.74) is 14.3.